The summed E-state index contributed by atoms with van der Waals surface area (Å²) in [6.45, 7) is 17.1. The summed E-state index contributed by atoms with van der Waals surface area (Å²) in [6.07, 6.45) is -3.37. The van der Waals surface area contributed by atoms with Crippen molar-refractivity contribution in [1.29, 1.82) is 0 Å². The van der Waals surface area contributed by atoms with Gasteiger partial charge in [0.15, 0.2) is 12.0 Å². The van der Waals surface area contributed by atoms with Crippen molar-refractivity contribution in [2.45, 2.75) is 105 Å². The van der Waals surface area contributed by atoms with Gasteiger partial charge in [-0.2, -0.15) is 0 Å². The Morgan fingerprint density at radius 2 is 1.49 bits per heavy atom. The van der Waals surface area contributed by atoms with E-state index in [1.165, 1.54) is 34.3 Å². The first-order chi connectivity index (χ1) is 25.5. The molecule has 2 atom stereocenters. The summed E-state index contributed by atoms with van der Waals surface area (Å²) in [6, 6.07) is 2.90. The Balaban J connectivity index is 1.47. The number of likely N-dealkylation sites (tertiary alicyclic amines) is 1. The van der Waals surface area contributed by atoms with Crippen LogP contribution in [0.4, 0.5) is 45.2 Å². The molecule has 0 spiro atoms. The maximum atomic E-state index is 16.7. The van der Waals surface area contributed by atoms with Gasteiger partial charge in [0.25, 0.3) is 0 Å². The molecule has 0 bridgehead atoms. The number of amides is 4. The molecule has 0 radical (unpaired) electrons. The van der Waals surface area contributed by atoms with Crippen molar-refractivity contribution >= 4 is 52.3 Å². The molecule has 5 rings (SSSR count). The van der Waals surface area contributed by atoms with Gasteiger partial charge in [-0.1, -0.05) is 0 Å². The minimum atomic E-state index is -1.67. The first-order valence-electron chi connectivity index (χ1n) is 17.8. The highest BCUT2D eigenvalue weighted by molar-refractivity contribution is 6.05. The van der Waals surface area contributed by atoms with Gasteiger partial charge in [-0.05, 0) is 92.3 Å². The van der Waals surface area contributed by atoms with Crippen LogP contribution in [0.3, 0.4) is 0 Å². The first kappa shape index (κ1) is 40.7. The fraction of sp³-hybridized carbons (Fsp3) is 0.526. The molecule has 2 aromatic heterocycles. The Labute approximate surface area is 318 Å². The van der Waals surface area contributed by atoms with Gasteiger partial charge in [-0.3, -0.25) is 15.5 Å². The number of ether oxygens (including phenoxy) is 5. The highest BCUT2D eigenvalue weighted by Gasteiger charge is 2.36. The number of carbonyl (C=O) groups is 4. The van der Waals surface area contributed by atoms with Gasteiger partial charge in [0.05, 0.1) is 18.8 Å². The molecule has 2 aliphatic rings. The largest absolute Gasteiger partial charge is 0.474 e. The van der Waals surface area contributed by atoms with Gasteiger partial charge in [0, 0.05) is 41.9 Å². The Morgan fingerprint density at radius 3 is 2.13 bits per heavy atom. The van der Waals surface area contributed by atoms with Crippen molar-refractivity contribution in [3.63, 3.8) is 0 Å². The molecular weight excluding hydrogens is 722 g/mol. The maximum Gasteiger partial charge on any atom is 0.415 e. The summed E-state index contributed by atoms with van der Waals surface area (Å²) in [4.78, 5) is 62.8. The lowest BCUT2D eigenvalue weighted by molar-refractivity contribution is -0.0213. The predicted molar refractivity (Wildman–Crippen MR) is 200 cm³/mol. The average molecular weight is 771 g/mol. The Bertz CT molecular complexity index is 1990. The van der Waals surface area contributed by atoms with E-state index >= 15 is 8.78 Å². The minimum absolute atomic E-state index is 0.0159. The summed E-state index contributed by atoms with van der Waals surface area (Å²) in [7, 11) is 0. The van der Waals surface area contributed by atoms with E-state index in [2.05, 4.69) is 20.6 Å². The third kappa shape index (κ3) is 9.99. The van der Waals surface area contributed by atoms with Crippen molar-refractivity contribution in [2.24, 2.45) is 0 Å². The molecule has 298 valence electrons. The van der Waals surface area contributed by atoms with E-state index in [4.69, 9.17) is 23.7 Å². The lowest BCUT2D eigenvalue weighted by Gasteiger charge is -2.35. The first-order valence-corrected chi connectivity index (χ1v) is 17.8. The number of aromatic nitrogens is 2. The topological polar surface area (TPSA) is 171 Å². The molecule has 4 amide bonds. The van der Waals surface area contributed by atoms with Crippen molar-refractivity contribution < 1.29 is 51.6 Å². The number of nitrogens with one attached hydrogen (secondary N) is 2. The normalized spacial score (nSPS) is 17.5. The fourth-order valence-electron chi connectivity index (χ4n) is 5.95. The van der Waals surface area contributed by atoms with Crippen LogP contribution in [0.1, 0.15) is 74.3 Å². The number of fused-ring (bicyclic) bond motifs is 2. The molecular formula is C38H48F2N6O9. The molecule has 55 heavy (non-hydrogen) atoms. The number of hydrogen-bond donors (Lipinski definition) is 2. The number of benzene rings is 1. The highest BCUT2D eigenvalue weighted by atomic mass is 19.1. The fourth-order valence-corrected chi connectivity index (χ4v) is 5.95. The van der Waals surface area contributed by atoms with Gasteiger partial charge in [-0.25, -0.2) is 37.9 Å². The minimum Gasteiger partial charge on any atom is -0.474 e. The van der Waals surface area contributed by atoms with Crippen LogP contribution in [-0.2, 0) is 18.9 Å². The van der Waals surface area contributed by atoms with Crippen LogP contribution in [0, 0.1) is 12.7 Å². The zero-order valence-corrected chi connectivity index (χ0v) is 32.7. The quantitative estimate of drug-likeness (QED) is 0.246. The van der Waals surface area contributed by atoms with Gasteiger partial charge < -0.3 is 28.6 Å². The highest BCUT2D eigenvalue weighted by Crippen LogP contribution is 2.42. The van der Waals surface area contributed by atoms with Crippen molar-refractivity contribution in [3.8, 4) is 17.0 Å². The van der Waals surface area contributed by atoms with E-state index in [0.29, 0.717) is 16.6 Å². The van der Waals surface area contributed by atoms with Crippen LogP contribution in [0.5, 0.6) is 5.88 Å². The predicted octanol–water partition coefficient (Wildman–Crippen LogP) is 8.12. The van der Waals surface area contributed by atoms with Crippen molar-refractivity contribution in [1.82, 2.24) is 14.9 Å². The molecule has 2 N–H and O–H groups in total. The van der Waals surface area contributed by atoms with Gasteiger partial charge in [0.1, 0.15) is 41.0 Å². The third-order valence-corrected chi connectivity index (χ3v) is 8.21. The maximum absolute atomic E-state index is 16.7. The Hall–Kier alpha value is -5.48. The summed E-state index contributed by atoms with van der Waals surface area (Å²) in [5.74, 6) is -0.714. The molecule has 1 fully saturated rings. The number of nitrogens with zero attached hydrogens (tertiary/aromatic N) is 4. The molecule has 1 aromatic carbocycles. The number of rotatable bonds is 4. The summed E-state index contributed by atoms with van der Waals surface area (Å²) < 4.78 is 59.3. The summed E-state index contributed by atoms with van der Waals surface area (Å²) in [5.41, 5.74) is -1.74. The molecule has 17 heteroatoms. The number of piperidine rings is 1. The van der Waals surface area contributed by atoms with Crippen molar-refractivity contribution in [2.75, 3.05) is 41.8 Å². The third-order valence-electron chi connectivity index (χ3n) is 8.21. The number of carbonyl (C=O) groups excluding carboxylic acids is 4. The lowest BCUT2D eigenvalue weighted by atomic mass is 9.96. The number of halogens is 2. The second-order valence-electron chi connectivity index (χ2n) is 16.3. The van der Waals surface area contributed by atoms with Crippen LogP contribution < -0.4 is 20.3 Å². The van der Waals surface area contributed by atoms with E-state index in [-0.39, 0.29) is 66.6 Å². The molecule has 0 saturated carbocycles. The number of anilines is 3. The number of pyridine rings is 2. The average Bonchev–Trinajstić information content (AvgIpc) is 3.04. The Morgan fingerprint density at radius 1 is 0.836 bits per heavy atom. The zero-order chi connectivity index (χ0) is 40.6. The van der Waals surface area contributed by atoms with E-state index in [0.717, 1.165) is 0 Å². The summed E-state index contributed by atoms with van der Waals surface area (Å²) >= 11 is 0. The Kier molecular flexibility index (Phi) is 11.3. The van der Waals surface area contributed by atoms with Crippen LogP contribution in [0.15, 0.2) is 24.5 Å². The van der Waals surface area contributed by atoms with E-state index < -0.39 is 59.3 Å². The molecule has 15 nitrogen and oxygen atoms in total. The molecule has 2 aliphatic heterocycles. The van der Waals surface area contributed by atoms with E-state index in [9.17, 15) is 19.2 Å². The van der Waals surface area contributed by atoms with Gasteiger partial charge >= 0.3 is 24.4 Å². The second-order valence-corrected chi connectivity index (χ2v) is 16.3. The summed E-state index contributed by atoms with van der Waals surface area (Å²) in [5, 5.41) is 5.46. The van der Waals surface area contributed by atoms with Crippen molar-refractivity contribution in [3.05, 3.63) is 35.9 Å². The lowest BCUT2D eigenvalue weighted by Crippen LogP contribution is -2.50. The molecule has 3 aromatic rings. The molecule has 0 unspecified atom stereocenters. The molecule has 0 aliphatic carbocycles. The monoisotopic (exact) mass is 770 g/mol. The smallest absolute Gasteiger partial charge is 0.415 e. The molecule has 1 saturated heterocycles. The van der Waals surface area contributed by atoms with E-state index in [1.807, 2.05) is 0 Å². The van der Waals surface area contributed by atoms with Crippen LogP contribution in [-0.4, -0.2) is 94.6 Å². The second kappa shape index (κ2) is 15.3. The van der Waals surface area contributed by atoms with Gasteiger partial charge in [0.2, 0.25) is 5.88 Å². The molecule has 4 heterocycles. The standard InChI is InChI=1S/C38H48F2N6O9/c1-20-23(17-42-31-30(20)46(13-14-51-31)35(50)55-38(8,9)10)22-15-21-16-27(41-18-24(21)29(28(22)40)44-33(48)53-36(2,3)4)43-32(47)52-26-11-12-45(19-25(26)39)34(49)54-37(5,6)7/h15-18,25-26H,11-14,19H2,1-10H3,(H,44,48)(H,41,43,47)/t25-,26-/m0/s1. The SMILES string of the molecule is Cc1c(-c2cc3cc(NC(=O)O[C@H]4CCN(C(=O)OC(C)(C)C)C[C@@H]4F)ncc3c(NC(=O)OC(C)(C)C)c2F)cnc2c1N(C(=O)OC(C)(C)C)CCO2. The van der Waals surface area contributed by atoms with E-state index in [1.54, 1.807) is 69.2 Å². The van der Waals surface area contributed by atoms with Crippen LogP contribution >= 0.6 is 0 Å². The van der Waals surface area contributed by atoms with Crippen LogP contribution in [0.2, 0.25) is 0 Å². The zero-order valence-electron chi connectivity index (χ0n) is 32.7. The number of hydrogen-bond acceptors (Lipinski definition) is 11. The number of alkyl halides is 1. The van der Waals surface area contributed by atoms with Gasteiger partial charge in [-0.15, -0.1) is 0 Å². The van der Waals surface area contributed by atoms with Crippen LogP contribution in [0.25, 0.3) is 21.9 Å².